The van der Waals surface area contributed by atoms with Gasteiger partial charge in [-0.1, -0.05) is 49.6 Å². The summed E-state index contributed by atoms with van der Waals surface area (Å²) in [5, 5.41) is 0. The van der Waals surface area contributed by atoms with Crippen molar-refractivity contribution in [1.29, 1.82) is 0 Å². The van der Waals surface area contributed by atoms with Crippen LogP contribution in [0.1, 0.15) is 11.1 Å². The molecule has 0 spiro atoms. The van der Waals surface area contributed by atoms with Gasteiger partial charge in [-0.25, -0.2) is 0 Å². The molecule has 0 atom stereocenters. The second-order valence-corrected chi connectivity index (χ2v) is 4.66. The molecule has 0 saturated heterocycles. The summed E-state index contributed by atoms with van der Waals surface area (Å²) in [5.74, 6) is 0.938. The maximum atomic E-state index is 11.7. The number of rotatable bonds is 6. The molecule has 102 valence electrons. The monoisotopic (exact) mass is 286 g/mol. The quantitative estimate of drug-likeness (QED) is 0.805. The fourth-order valence-electron chi connectivity index (χ4n) is 1.49. The van der Waals surface area contributed by atoms with E-state index in [4.69, 9.17) is 8.37 Å². The summed E-state index contributed by atoms with van der Waals surface area (Å²) in [4.78, 5) is 0. The highest BCUT2D eigenvalue weighted by molar-refractivity contribution is 7.75. The zero-order chi connectivity index (χ0) is 14.4. The van der Waals surface area contributed by atoms with Crippen molar-refractivity contribution in [2.24, 2.45) is 0 Å². The summed E-state index contributed by atoms with van der Waals surface area (Å²) < 4.78 is 22.1. The first-order chi connectivity index (χ1) is 9.71. The zero-order valence-corrected chi connectivity index (χ0v) is 11.6. The number of hydrogen-bond acceptors (Lipinski definition) is 3. The zero-order valence-electron chi connectivity index (χ0n) is 10.8. The Morgan fingerprint density at radius 1 is 0.750 bits per heavy atom. The SMILES string of the molecule is C=Cc1ccc(OS(=O)Oc2ccc(C=C)cc2)cc1. The van der Waals surface area contributed by atoms with Crippen molar-refractivity contribution in [2.45, 2.75) is 0 Å². The average molecular weight is 286 g/mol. The minimum absolute atomic E-state index is 0.469. The molecule has 0 aromatic heterocycles. The van der Waals surface area contributed by atoms with Crippen LogP contribution in [0.25, 0.3) is 12.2 Å². The summed E-state index contributed by atoms with van der Waals surface area (Å²) in [5.41, 5.74) is 1.92. The van der Waals surface area contributed by atoms with Crippen LogP contribution in [0, 0.1) is 0 Å². The second-order valence-electron chi connectivity index (χ2n) is 3.92. The van der Waals surface area contributed by atoms with E-state index in [2.05, 4.69) is 13.2 Å². The van der Waals surface area contributed by atoms with Gasteiger partial charge in [-0.05, 0) is 35.4 Å². The van der Waals surface area contributed by atoms with E-state index in [9.17, 15) is 4.21 Å². The Morgan fingerprint density at radius 3 is 1.40 bits per heavy atom. The van der Waals surface area contributed by atoms with Crippen molar-refractivity contribution in [2.75, 3.05) is 0 Å². The van der Waals surface area contributed by atoms with Gasteiger partial charge < -0.3 is 8.37 Å². The Balaban J connectivity index is 1.96. The lowest BCUT2D eigenvalue weighted by atomic mass is 10.2. The van der Waals surface area contributed by atoms with Gasteiger partial charge in [0.25, 0.3) is 0 Å². The van der Waals surface area contributed by atoms with Gasteiger partial charge in [0.05, 0.1) is 0 Å². The third kappa shape index (κ3) is 3.83. The third-order valence-electron chi connectivity index (χ3n) is 2.56. The Kier molecular flexibility index (Phi) is 4.74. The molecule has 0 heterocycles. The molecule has 3 nitrogen and oxygen atoms in total. The highest BCUT2D eigenvalue weighted by Crippen LogP contribution is 2.17. The molecule has 0 fully saturated rings. The Labute approximate surface area is 121 Å². The van der Waals surface area contributed by atoms with Crippen LogP contribution < -0.4 is 8.37 Å². The molecule has 2 rings (SSSR count). The predicted molar refractivity (Wildman–Crippen MR) is 82.5 cm³/mol. The maximum Gasteiger partial charge on any atom is 0.417 e. The van der Waals surface area contributed by atoms with Crippen LogP contribution in [0.3, 0.4) is 0 Å². The molecule has 20 heavy (non-hydrogen) atoms. The minimum Gasteiger partial charge on any atom is -0.371 e. The van der Waals surface area contributed by atoms with Gasteiger partial charge in [-0.2, -0.15) is 4.21 Å². The molecular formula is C16H14O3S. The molecule has 0 N–H and O–H groups in total. The highest BCUT2D eigenvalue weighted by atomic mass is 32.2. The van der Waals surface area contributed by atoms with Gasteiger partial charge in [0.15, 0.2) is 0 Å². The molecular weight excluding hydrogens is 272 g/mol. The van der Waals surface area contributed by atoms with Gasteiger partial charge in [-0.15, -0.1) is 0 Å². The van der Waals surface area contributed by atoms with E-state index >= 15 is 0 Å². The molecule has 0 aliphatic carbocycles. The maximum absolute atomic E-state index is 11.7. The van der Waals surface area contributed by atoms with E-state index in [0.717, 1.165) is 11.1 Å². The van der Waals surface area contributed by atoms with Crippen LogP contribution in [-0.2, 0) is 11.4 Å². The predicted octanol–water partition coefficient (Wildman–Crippen LogP) is 4.01. The van der Waals surface area contributed by atoms with E-state index in [-0.39, 0.29) is 0 Å². The van der Waals surface area contributed by atoms with Crippen molar-refractivity contribution in [3.8, 4) is 11.5 Å². The van der Waals surface area contributed by atoms with Gasteiger partial charge >= 0.3 is 11.4 Å². The summed E-state index contributed by atoms with van der Waals surface area (Å²) in [7, 11) is 0. The van der Waals surface area contributed by atoms with Crippen molar-refractivity contribution in [1.82, 2.24) is 0 Å². The van der Waals surface area contributed by atoms with E-state index in [1.807, 2.05) is 24.3 Å². The van der Waals surface area contributed by atoms with Crippen molar-refractivity contribution in [3.63, 3.8) is 0 Å². The standard InChI is InChI=1S/C16H14O3S/c1-3-13-5-9-15(10-6-13)18-20(17)19-16-11-7-14(4-2)8-12-16/h3-12H,1-2H2. The molecule has 0 radical (unpaired) electrons. The Bertz CT molecular complexity index is 560. The van der Waals surface area contributed by atoms with Crippen molar-refractivity contribution < 1.29 is 12.6 Å². The molecule has 0 saturated carbocycles. The van der Waals surface area contributed by atoms with E-state index in [0.29, 0.717) is 11.5 Å². The van der Waals surface area contributed by atoms with Crippen LogP contribution in [0.15, 0.2) is 61.7 Å². The summed E-state index contributed by atoms with van der Waals surface area (Å²) in [6, 6.07) is 14.1. The molecule has 4 heteroatoms. The first kappa shape index (κ1) is 14.1. The Hall–Kier alpha value is -2.33. The second kappa shape index (κ2) is 6.73. The third-order valence-corrected chi connectivity index (χ3v) is 3.22. The lowest BCUT2D eigenvalue weighted by molar-refractivity contribution is 0.462. The van der Waals surface area contributed by atoms with E-state index in [1.54, 1.807) is 36.4 Å². The lowest BCUT2D eigenvalue weighted by Gasteiger charge is -2.06. The topological polar surface area (TPSA) is 35.5 Å². The molecule has 0 aliphatic rings. The van der Waals surface area contributed by atoms with Gasteiger partial charge in [0, 0.05) is 0 Å². The fraction of sp³-hybridized carbons (Fsp3) is 0. The first-order valence-corrected chi connectivity index (χ1v) is 6.94. The van der Waals surface area contributed by atoms with Crippen LogP contribution in [0.4, 0.5) is 0 Å². The van der Waals surface area contributed by atoms with Crippen LogP contribution in [0.5, 0.6) is 11.5 Å². The Morgan fingerprint density at radius 2 is 1.10 bits per heavy atom. The van der Waals surface area contributed by atoms with Crippen molar-refractivity contribution >= 4 is 23.5 Å². The molecule has 2 aromatic carbocycles. The largest absolute Gasteiger partial charge is 0.417 e. The molecule has 0 amide bonds. The molecule has 0 unspecified atom stereocenters. The summed E-state index contributed by atoms with van der Waals surface area (Å²) in [6.07, 6.45) is 3.44. The molecule has 0 aliphatic heterocycles. The molecule has 2 aromatic rings. The number of benzene rings is 2. The van der Waals surface area contributed by atoms with Gasteiger partial charge in [-0.3, -0.25) is 0 Å². The summed E-state index contributed by atoms with van der Waals surface area (Å²) >= 11 is -1.89. The van der Waals surface area contributed by atoms with Crippen LogP contribution >= 0.6 is 0 Å². The first-order valence-electron chi connectivity index (χ1n) is 5.94. The van der Waals surface area contributed by atoms with Crippen molar-refractivity contribution in [3.05, 3.63) is 72.8 Å². The van der Waals surface area contributed by atoms with Crippen LogP contribution in [0.2, 0.25) is 0 Å². The minimum atomic E-state index is -1.89. The average Bonchev–Trinajstić information content (AvgIpc) is 2.49. The summed E-state index contributed by atoms with van der Waals surface area (Å²) in [6.45, 7) is 7.32. The normalized spacial score (nSPS) is 10.1. The van der Waals surface area contributed by atoms with E-state index < -0.39 is 11.4 Å². The smallest absolute Gasteiger partial charge is 0.371 e. The molecule has 0 bridgehead atoms. The van der Waals surface area contributed by atoms with Gasteiger partial charge in [0.2, 0.25) is 0 Å². The van der Waals surface area contributed by atoms with Gasteiger partial charge in [0.1, 0.15) is 11.5 Å². The fourth-order valence-corrected chi connectivity index (χ4v) is 2.06. The van der Waals surface area contributed by atoms with E-state index in [1.165, 1.54) is 0 Å². The number of hydrogen-bond donors (Lipinski definition) is 0. The van der Waals surface area contributed by atoms with Crippen LogP contribution in [-0.4, -0.2) is 4.21 Å². The highest BCUT2D eigenvalue weighted by Gasteiger charge is 2.05. The lowest BCUT2D eigenvalue weighted by Crippen LogP contribution is -2.07.